The molecule has 0 heterocycles. The van der Waals surface area contributed by atoms with Crippen molar-refractivity contribution >= 4 is 13.8 Å². The molecule has 0 aromatic rings. The van der Waals surface area contributed by atoms with Crippen LogP contribution in [0.2, 0.25) is 0 Å². The molecule has 0 bridgehead atoms. The molecule has 0 radical (unpaired) electrons. The van der Waals surface area contributed by atoms with Gasteiger partial charge in [-0.1, -0.05) is 131 Å². The quantitative estimate of drug-likeness (QED) is 0.0248. The number of hydrogen-bond donors (Lipinski definition) is 3. The molecule has 3 atom stereocenters. The molecule has 0 aliphatic rings. The zero-order valence-corrected chi connectivity index (χ0v) is 33.1. The maximum absolute atomic E-state index is 12.5. The van der Waals surface area contributed by atoms with Crippen molar-refractivity contribution in [1.29, 1.82) is 0 Å². The Balaban J connectivity index is 4.34. The van der Waals surface area contributed by atoms with Gasteiger partial charge in [-0.2, -0.15) is 0 Å². The number of carbonyl (C=O) groups is 1. The van der Waals surface area contributed by atoms with Crippen LogP contribution in [0.1, 0.15) is 129 Å². The van der Waals surface area contributed by atoms with Crippen molar-refractivity contribution in [3.05, 3.63) is 85.1 Å². The topological polar surface area (TPSA) is 132 Å². The van der Waals surface area contributed by atoms with Crippen LogP contribution >= 0.6 is 7.82 Å². The second-order valence-electron chi connectivity index (χ2n) is 12.6. The van der Waals surface area contributed by atoms with E-state index in [0.29, 0.717) is 13.0 Å². The lowest BCUT2D eigenvalue weighted by Gasteiger charge is -2.20. The summed E-state index contributed by atoms with van der Waals surface area (Å²) in [4.78, 5) is 22.4. The maximum Gasteiger partial charge on any atom is 0.472 e. The van der Waals surface area contributed by atoms with Crippen LogP contribution in [0.4, 0.5) is 0 Å². The first-order chi connectivity index (χ1) is 25.3. The standard InChI is InChI=1S/C42H71O9P/c1-3-5-7-9-11-13-15-16-17-18-19-20-21-22-23-25-27-29-31-33-35-48-38-41(39-50-52(46,47)49-37-40(44)36-43)51-42(45)34-32-30-28-26-24-14-12-10-8-6-4-2/h5,7,10-13,16-17,19-20,22-23,27,29,40-41,43-44H,3-4,6,8-9,14-15,18,21,24-26,28,30-39H2,1-2H3,(H,46,47)/b7-5-,12-10-,13-11-,17-16-,20-19-,23-22-,29-27-. The second kappa shape index (κ2) is 38.4. The molecule has 3 N–H and O–H groups in total. The predicted molar refractivity (Wildman–Crippen MR) is 214 cm³/mol. The first-order valence-corrected chi connectivity index (χ1v) is 21.1. The fraction of sp³-hybridized carbons (Fsp3) is 0.643. The Kier molecular flexibility index (Phi) is 36.6. The van der Waals surface area contributed by atoms with E-state index >= 15 is 0 Å². The molecule has 0 saturated carbocycles. The van der Waals surface area contributed by atoms with Crippen molar-refractivity contribution in [1.82, 2.24) is 0 Å². The molecule has 298 valence electrons. The number of esters is 1. The van der Waals surface area contributed by atoms with E-state index in [4.69, 9.17) is 23.6 Å². The van der Waals surface area contributed by atoms with E-state index < -0.39 is 45.8 Å². The molecule has 10 heteroatoms. The van der Waals surface area contributed by atoms with Gasteiger partial charge in [0.2, 0.25) is 0 Å². The van der Waals surface area contributed by atoms with E-state index in [-0.39, 0.29) is 13.0 Å². The summed E-state index contributed by atoms with van der Waals surface area (Å²) in [5.74, 6) is -0.418. The number of aliphatic hydroxyl groups is 2. The molecule has 0 amide bonds. The third kappa shape index (κ3) is 37.4. The number of rotatable bonds is 36. The van der Waals surface area contributed by atoms with Crippen molar-refractivity contribution in [2.45, 2.75) is 142 Å². The van der Waals surface area contributed by atoms with Crippen molar-refractivity contribution < 1.29 is 43.0 Å². The van der Waals surface area contributed by atoms with Crippen LogP contribution in [0.25, 0.3) is 0 Å². The molecule has 52 heavy (non-hydrogen) atoms. The van der Waals surface area contributed by atoms with E-state index in [1.807, 2.05) is 0 Å². The number of phosphoric ester groups is 1. The highest BCUT2D eigenvalue weighted by Crippen LogP contribution is 2.43. The smallest absolute Gasteiger partial charge is 0.457 e. The molecule has 0 aliphatic heterocycles. The number of allylic oxidation sites excluding steroid dienone is 14. The van der Waals surface area contributed by atoms with Crippen molar-refractivity contribution in [2.75, 3.05) is 33.0 Å². The maximum atomic E-state index is 12.5. The monoisotopic (exact) mass is 750 g/mol. The number of aliphatic hydroxyl groups excluding tert-OH is 2. The van der Waals surface area contributed by atoms with Crippen LogP contribution < -0.4 is 0 Å². The number of carbonyl (C=O) groups excluding carboxylic acids is 1. The highest BCUT2D eigenvalue weighted by Gasteiger charge is 2.26. The van der Waals surface area contributed by atoms with Gasteiger partial charge in [0.25, 0.3) is 0 Å². The van der Waals surface area contributed by atoms with Crippen LogP contribution in [0.3, 0.4) is 0 Å². The Bertz CT molecular complexity index is 1080. The van der Waals surface area contributed by atoms with Crippen molar-refractivity contribution in [3.63, 3.8) is 0 Å². The molecule has 0 aromatic heterocycles. The van der Waals surface area contributed by atoms with Crippen LogP contribution in [-0.4, -0.2) is 66.3 Å². The number of ether oxygens (including phenoxy) is 2. The minimum absolute atomic E-state index is 0.000525. The fourth-order valence-corrected chi connectivity index (χ4v) is 5.38. The summed E-state index contributed by atoms with van der Waals surface area (Å²) in [7, 11) is -4.53. The predicted octanol–water partition coefficient (Wildman–Crippen LogP) is 10.4. The summed E-state index contributed by atoms with van der Waals surface area (Å²) in [5, 5.41) is 18.3. The second-order valence-corrected chi connectivity index (χ2v) is 14.0. The summed E-state index contributed by atoms with van der Waals surface area (Å²) in [6.45, 7) is 3.15. The Morgan fingerprint density at radius 2 is 1.10 bits per heavy atom. The van der Waals surface area contributed by atoms with Crippen LogP contribution in [0.15, 0.2) is 85.1 Å². The van der Waals surface area contributed by atoms with Crippen LogP contribution in [0.5, 0.6) is 0 Å². The highest BCUT2D eigenvalue weighted by molar-refractivity contribution is 7.47. The SMILES string of the molecule is CC/C=C\C/C=C\C/C=C\C/C=C\C/C=C\C/C=C\CCCOCC(COP(=O)(O)OCC(O)CO)OC(=O)CCCCCCC/C=C\CCCC. The van der Waals surface area contributed by atoms with Gasteiger partial charge in [0.05, 0.1) is 26.4 Å². The molecule has 0 aliphatic carbocycles. The van der Waals surface area contributed by atoms with E-state index in [9.17, 15) is 19.4 Å². The lowest BCUT2D eigenvalue weighted by molar-refractivity contribution is -0.154. The number of unbranched alkanes of at least 4 members (excludes halogenated alkanes) is 8. The van der Waals surface area contributed by atoms with E-state index in [1.54, 1.807) is 0 Å². The van der Waals surface area contributed by atoms with Gasteiger partial charge in [-0.05, 0) is 77.0 Å². The Morgan fingerprint density at radius 3 is 1.67 bits per heavy atom. The van der Waals surface area contributed by atoms with Crippen LogP contribution in [-0.2, 0) is 27.9 Å². The van der Waals surface area contributed by atoms with Crippen LogP contribution in [0, 0.1) is 0 Å². The lowest BCUT2D eigenvalue weighted by Crippen LogP contribution is -2.29. The summed E-state index contributed by atoms with van der Waals surface area (Å²) >= 11 is 0. The molecule has 3 unspecified atom stereocenters. The zero-order valence-electron chi connectivity index (χ0n) is 32.2. The van der Waals surface area contributed by atoms with E-state index in [0.717, 1.165) is 89.9 Å². The fourth-order valence-electron chi connectivity index (χ4n) is 4.59. The Hall–Kier alpha value is -2.36. The molecular weight excluding hydrogens is 679 g/mol. The van der Waals surface area contributed by atoms with Crippen molar-refractivity contribution in [2.24, 2.45) is 0 Å². The molecule has 0 saturated heterocycles. The van der Waals surface area contributed by atoms with Gasteiger partial charge in [0.15, 0.2) is 0 Å². The van der Waals surface area contributed by atoms with Gasteiger partial charge in [0.1, 0.15) is 12.2 Å². The van der Waals surface area contributed by atoms with Gasteiger partial charge in [-0.3, -0.25) is 13.8 Å². The van der Waals surface area contributed by atoms with E-state index in [1.165, 1.54) is 12.8 Å². The molecule has 0 aromatic carbocycles. The van der Waals surface area contributed by atoms with Crippen molar-refractivity contribution in [3.8, 4) is 0 Å². The minimum Gasteiger partial charge on any atom is -0.457 e. The molecule has 0 spiro atoms. The third-order valence-corrected chi connectivity index (χ3v) is 8.52. The average molecular weight is 751 g/mol. The lowest BCUT2D eigenvalue weighted by atomic mass is 10.1. The zero-order chi connectivity index (χ0) is 38.2. The van der Waals surface area contributed by atoms with Gasteiger partial charge in [-0.25, -0.2) is 4.57 Å². The van der Waals surface area contributed by atoms with Gasteiger partial charge in [-0.15, -0.1) is 0 Å². The first kappa shape index (κ1) is 49.6. The molecule has 0 fully saturated rings. The largest absolute Gasteiger partial charge is 0.472 e. The third-order valence-electron chi connectivity index (χ3n) is 7.56. The molecule has 0 rings (SSSR count). The molecular formula is C42H71O9P. The summed E-state index contributed by atoms with van der Waals surface area (Å²) in [6, 6.07) is 0. The summed E-state index contributed by atoms with van der Waals surface area (Å²) in [5.41, 5.74) is 0. The van der Waals surface area contributed by atoms with Gasteiger partial charge < -0.3 is 24.6 Å². The summed E-state index contributed by atoms with van der Waals surface area (Å²) in [6.07, 6.45) is 45.6. The summed E-state index contributed by atoms with van der Waals surface area (Å²) < 4.78 is 33.1. The first-order valence-electron chi connectivity index (χ1n) is 19.6. The highest BCUT2D eigenvalue weighted by atomic mass is 31.2. The Morgan fingerprint density at radius 1 is 0.615 bits per heavy atom. The molecule has 9 nitrogen and oxygen atoms in total. The number of phosphoric acid groups is 1. The number of hydrogen-bond acceptors (Lipinski definition) is 8. The minimum atomic E-state index is -4.53. The van der Waals surface area contributed by atoms with Gasteiger partial charge in [0, 0.05) is 13.0 Å². The average Bonchev–Trinajstić information content (AvgIpc) is 3.13. The Labute approximate surface area is 315 Å². The normalized spacial score (nSPS) is 15.1. The van der Waals surface area contributed by atoms with E-state index in [2.05, 4.69) is 98.9 Å². The van der Waals surface area contributed by atoms with Gasteiger partial charge >= 0.3 is 13.8 Å².